The van der Waals surface area contributed by atoms with Gasteiger partial charge in [0.25, 0.3) is 11.5 Å². The second kappa shape index (κ2) is 3.43. The van der Waals surface area contributed by atoms with Gasteiger partial charge in [-0.3, -0.25) is 14.0 Å². The lowest BCUT2D eigenvalue weighted by Crippen LogP contribution is -2.25. The number of aromatic nitrogens is 1. The van der Waals surface area contributed by atoms with Crippen LogP contribution in [0, 0.1) is 0 Å². The van der Waals surface area contributed by atoms with Crippen molar-refractivity contribution in [3.05, 3.63) is 52.3 Å². The summed E-state index contributed by atoms with van der Waals surface area (Å²) in [6.45, 7) is 0. The molecule has 0 aliphatic heterocycles. The number of nitrogens with two attached hydrogens (primary N) is 1. The first-order chi connectivity index (χ1) is 8.18. The number of amides is 1. The van der Waals surface area contributed by atoms with Crippen molar-refractivity contribution in [2.75, 3.05) is 0 Å². The van der Waals surface area contributed by atoms with Crippen molar-refractivity contribution < 1.29 is 4.79 Å². The van der Waals surface area contributed by atoms with E-state index in [0.717, 1.165) is 15.0 Å². The van der Waals surface area contributed by atoms with Crippen molar-refractivity contribution in [1.82, 2.24) is 4.40 Å². The molecule has 2 heterocycles. The first-order valence-electron chi connectivity index (χ1n) is 5.01. The van der Waals surface area contributed by atoms with Crippen LogP contribution < -0.4 is 11.3 Å². The number of carbonyl (C=O) groups is 1. The molecule has 0 aliphatic carbocycles. The van der Waals surface area contributed by atoms with Gasteiger partial charge in [0.05, 0.1) is 10.2 Å². The first kappa shape index (κ1) is 10.0. The highest BCUT2D eigenvalue weighted by atomic mass is 32.1. The zero-order valence-corrected chi connectivity index (χ0v) is 9.53. The smallest absolute Gasteiger partial charge is 0.269 e. The number of nitrogens with zero attached hydrogens (tertiary/aromatic N) is 1. The van der Waals surface area contributed by atoms with Crippen molar-refractivity contribution in [3.8, 4) is 0 Å². The molecule has 3 aromatic rings. The van der Waals surface area contributed by atoms with Crippen molar-refractivity contribution >= 4 is 32.3 Å². The first-order valence-corrected chi connectivity index (χ1v) is 5.83. The third kappa shape index (κ3) is 1.36. The summed E-state index contributed by atoms with van der Waals surface area (Å²) in [5.74, 6) is -0.695. The minimum absolute atomic E-state index is 0.0195. The molecule has 4 nitrogen and oxygen atoms in total. The van der Waals surface area contributed by atoms with Crippen LogP contribution in [0.25, 0.3) is 15.0 Å². The molecule has 0 radical (unpaired) electrons. The van der Waals surface area contributed by atoms with E-state index in [1.54, 1.807) is 6.07 Å². The number of fused-ring (bicyclic) bond motifs is 3. The number of para-hydroxylation sites is 1. The third-order valence-corrected chi connectivity index (χ3v) is 3.73. The largest absolute Gasteiger partial charge is 0.365 e. The average Bonchev–Trinajstić information content (AvgIpc) is 2.67. The number of hydrogen-bond acceptors (Lipinski definition) is 3. The van der Waals surface area contributed by atoms with Crippen LogP contribution in [-0.2, 0) is 0 Å². The summed E-state index contributed by atoms with van der Waals surface area (Å²) in [7, 11) is 0. The maximum Gasteiger partial charge on any atom is 0.269 e. The van der Waals surface area contributed by atoms with E-state index in [-0.39, 0.29) is 11.1 Å². The molecule has 0 saturated carbocycles. The quantitative estimate of drug-likeness (QED) is 0.706. The molecule has 84 valence electrons. The van der Waals surface area contributed by atoms with Gasteiger partial charge in [-0.05, 0) is 24.3 Å². The van der Waals surface area contributed by atoms with Gasteiger partial charge in [-0.15, -0.1) is 11.3 Å². The van der Waals surface area contributed by atoms with Crippen LogP contribution in [0.15, 0.2) is 41.2 Å². The van der Waals surface area contributed by atoms with E-state index in [1.807, 2.05) is 24.3 Å². The van der Waals surface area contributed by atoms with Crippen LogP contribution in [0.4, 0.5) is 0 Å². The van der Waals surface area contributed by atoms with Crippen molar-refractivity contribution in [2.45, 2.75) is 0 Å². The van der Waals surface area contributed by atoms with Crippen LogP contribution in [0.5, 0.6) is 0 Å². The zero-order valence-electron chi connectivity index (χ0n) is 8.71. The van der Waals surface area contributed by atoms with E-state index in [2.05, 4.69) is 0 Å². The van der Waals surface area contributed by atoms with E-state index in [9.17, 15) is 9.59 Å². The van der Waals surface area contributed by atoms with Crippen molar-refractivity contribution in [3.63, 3.8) is 0 Å². The summed E-state index contributed by atoms with van der Waals surface area (Å²) in [4.78, 5) is 24.1. The molecule has 2 N–H and O–H groups in total. The predicted molar refractivity (Wildman–Crippen MR) is 67.6 cm³/mol. The lowest BCUT2D eigenvalue weighted by Gasteiger charge is -1.97. The molecule has 5 heteroatoms. The molecule has 17 heavy (non-hydrogen) atoms. The second-order valence-electron chi connectivity index (χ2n) is 3.66. The number of benzene rings is 1. The highest BCUT2D eigenvalue weighted by molar-refractivity contribution is 7.23. The van der Waals surface area contributed by atoms with E-state index in [0.29, 0.717) is 0 Å². The van der Waals surface area contributed by atoms with E-state index < -0.39 is 5.91 Å². The van der Waals surface area contributed by atoms with E-state index in [1.165, 1.54) is 21.8 Å². The second-order valence-corrected chi connectivity index (χ2v) is 4.72. The number of hydrogen-bond donors (Lipinski definition) is 1. The van der Waals surface area contributed by atoms with Gasteiger partial charge in [-0.2, -0.15) is 0 Å². The maximum absolute atomic E-state index is 12.1. The Kier molecular flexibility index (Phi) is 2.02. The topological polar surface area (TPSA) is 64.6 Å². The summed E-state index contributed by atoms with van der Waals surface area (Å²) in [5, 5.41) is 0. The SMILES string of the molecule is NC(=O)c1ccc2sc3ccccc3n2c1=O. The Morgan fingerprint density at radius 1 is 1.18 bits per heavy atom. The summed E-state index contributed by atoms with van der Waals surface area (Å²) in [5.41, 5.74) is 5.64. The molecule has 0 fully saturated rings. The van der Waals surface area contributed by atoms with Crippen LogP contribution in [0.3, 0.4) is 0 Å². The Hall–Kier alpha value is -2.14. The van der Waals surface area contributed by atoms with Crippen LogP contribution >= 0.6 is 11.3 Å². The number of primary amides is 1. The fourth-order valence-corrected chi connectivity index (χ4v) is 2.90. The normalized spacial score (nSPS) is 11.1. The lowest BCUT2D eigenvalue weighted by atomic mass is 10.2. The summed E-state index contributed by atoms with van der Waals surface area (Å²) >= 11 is 1.51. The van der Waals surface area contributed by atoms with Gasteiger partial charge in [-0.1, -0.05) is 12.1 Å². The highest BCUT2D eigenvalue weighted by Crippen LogP contribution is 2.24. The minimum Gasteiger partial charge on any atom is -0.365 e. The Morgan fingerprint density at radius 3 is 2.71 bits per heavy atom. The molecule has 0 spiro atoms. The van der Waals surface area contributed by atoms with Crippen LogP contribution in [0.2, 0.25) is 0 Å². The minimum atomic E-state index is -0.695. The van der Waals surface area contributed by atoms with Gasteiger partial charge in [0.1, 0.15) is 10.4 Å². The van der Waals surface area contributed by atoms with E-state index >= 15 is 0 Å². The fourth-order valence-electron chi connectivity index (χ4n) is 1.86. The lowest BCUT2D eigenvalue weighted by molar-refractivity contribution is 0.0999. The molecular formula is C12H8N2O2S. The molecule has 1 amide bonds. The number of pyridine rings is 1. The molecule has 2 aromatic heterocycles. The Labute approximate surface area is 99.9 Å². The van der Waals surface area contributed by atoms with Crippen molar-refractivity contribution in [2.24, 2.45) is 5.73 Å². The van der Waals surface area contributed by atoms with Gasteiger partial charge in [0, 0.05) is 0 Å². The molecule has 1 aromatic carbocycles. The molecular weight excluding hydrogens is 236 g/mol. The number of thiazole rings is 1. The van der Waals surface area contributed by atoms with Gasteiger partial charge >= 0.3 is 0 Å². The Bertz CT molecular complexity index is 801. The summed E-state index contributed by atoms with van der Waals surface area (Å²) in [6, 6.07) is 10.8. The fraction of sp³-hybridized carbons (Fsp3) is 0. The van der Waals surface area contributed by atoms with Gasteiger partial charge in [0.15, 0.2) is 0 Å². The maximum atomic E-state index is 12.1. The Morgan fingerprint density at radius 2 is 1.94 bits per heavy atom. The highest BCUT2D eigenvalue weighted by Gasteiger charge is 2.12. The molecule has 0 atom stereocenters. The van der Waals surface area contributed by atoms with Gasteiger partial charge in [0.2, 0.25) is 0 Å². The average molecular weight is 244 g/mol. The standard InChI is InChI=1S/C12H8N2O2S/c13-11(15)7-5-6-10-14(12(7)16)8-3-1-2-4-9(8)17-10/h1-6H,(H2,13,15). The third-order valence-electron chi connectivity index (χ3n) is 2.63. The van der Waals surface area contributed by atoms with E-state index in [4.69, 9.17) is 5.73 Å². The Balaban J connectivity index is 2.57. The van der Waals surface area contributed by atoms with Crippen LogP contribution in [0.1, 0.15) is 10.4 Å². The summed E-state index contributed by atoms with van der Waals surface area (Å²) in [6.07, 6.45) is 0. The number of rotatable bonds is 1. The summed E-state index contributed by atoms with van der Waals surface area (Å²) < 4.78 is 2.53. The predicted octanol–water partition coefficient (Wildman–Crippen LogP) is 1.61. The molecule has 0 aliphatic rings. The molecule has 0 unspecified atom stereocenters. The van der Waals surface area contributed by atoms with Crippen molar-refractivity contribution in [1.29, 1.82) is 0 Å². The van der Waals surface area contributed by atoms with Crippen LogP contribution in [-0.4, -0.2) is 10.3 Å². The van der Waals surface area contributed by atoms with Gasteiger partial charge in [-0.25, -0.2) is 0 Å². The van der Waals surface area contributed by atoms with Gasteiger partial charge < -0.3 is 5.73 Å². The zero-order chi connectivity index (χ0) is 12.0. The molecule has 3 rings (SSSR count). The number of carbonyl (C=O) groups excluding carboxylic acids is 1. The molecule has 0 saturated heterocycles. The monoisotopic (exact) mass is 244 g/mol. The molecule has 0 bridgehead atoms.